The Morgan fingerprint density at radius 3 is 2.85 bits per heavy atom. The molecule has 0 aromatic carbocycles. The largest absolute Gasteiger partial charge is 0.289 e. The van der Waals surface area contributed by atoms with E-state index in [9.17, 15) is 9.59 Å². The molecule has 2 aliphatic rings. The van der Waals surface area contributed by atoms with Crippen LogP contribution >= 0.6 is 11.8 Å². The molecule has 1 aliphatic heterocycles. The monoisotopic (exact) mass is 197 g/mol. The normalized spacial score (nSPS) is 28.6. The average Bonchev–Trinajstić information content (AvgIpc) is 2.48. The van der Waals surface area contributed by atoms with Gasteiger partial charge in [0.25, 0.3) is 5.24 Å². The molecule has 0 N–H and O–H groups in total. The topological polar surface area (TPSA) is 37.4 Å². The highest BCUT2D eigenvalue weighted by Crippen LogP contribution is 2.26. The average molecular weight is 197 g/mol. The molecular formula is C9H11NO2S. The number of amides is 2. The van der Waals surface area contributed by atoms with E-state index in [1.54, 1.807) is 0 Å². The highest BCUT2D eigenvalue weighted by atomic mass is 32.2. The van der Waals surface area contributed by atoms with Crippen LogP contribution in [0.3, 0.4) is 0 Å². The molecule has 2 amide bonds. The minimum Gasteiger partial charge on any atom is -0.273 e. The van der Waals surface area contributed by atoms with Crippen molar-refractivity contribution in [2.24, 2.45) is 0 Å². The number of imide groups is 1. The Balaban J connectivity index is 2.14. The van der Waals surface area contributed by atoms with Crippen molar-refractivity contribution >= 4 is 22.9 Å². The maximum Gasteiger partial charge on any atom is 0.289 e. The third-order valence-corrected chi connectivity index (χ3v) is 3.18. The number of carbonyl (C=O) groups excluding carboxylic acids is 2. The molecule has 0 spiro atoms. The highest BCUT2D eigenvalue weighted by Gasteiger charge is 2.34. The van der Waals surface area contributed by atoms with Gasteiger partial charge in [0, 0.05) is 0 Å². The summed E-state index contributed by atoms with van der Waals surface area (Å²) in [6.07, 6.45) is 7.10. The minimum absolute atomic E-state index is 0.0312. The Bertz CT molecular complexity index is 259. The summed E-state index contributed by atoms with van der Waals surface area (Å²) in [6.45, 7) is 0. The van der Waals surface area contributed by atoms with Crippen molar-refractivity contribution in [3.05, 3.63) is 12.2 Å². The molecule has 1 atom stereocenters. The van der Waals surface area contributed by atoms with Crippen LogP contribution in [0, 0.1) is 0 Å². The number of thioether (sulfide) groups is 1. The van der Waals surface area contributed by atoms with E-state index < -0.39 is 0 Å². The third kappa shape index (κ3) is 1.63. The Kier molecular flexibility index (Phi) is 2.40. The van der Waals surface area contributed by atoms with Gasteiger partial charge in [0.1, 0.15) is 0 Å². The Hall–Kier alpha value is -0.770. The van der Waals surface area contributed by atoms with Crippen LogP contribution in [0.25, 0.3) is 0 Å². The Morgan fingerprint density at radius 2 is 2.31 bits per heavy atom. The van der Waals surface area contributed by atoms with Crippen LogP contribution in [0.5, 0.6) is 0 Å². The lowest BCUT2D eigenvalue weighted by Crippen LogP contribution is -2.38. The Morgan fingerprint density at radius 1 is 1.46 bits per heavy atom. The first kappa shape index (κ1) is 8.81. The van der Waals surface area contributed by atoms with Gasteiger partial charge in [0.2, 0.25) is 5.91 Å². The van der Waals surface area contributed by atoms with Crippen molar-refractivity contribution in [3.8, 4) is 0 Å². The summed E-state index contributed by atoms with van der Waals surface area (Å²) in [5.41, 5.74) is 0. The van der Waals surface area contributed by atoms with Crippen molar-refractivity contribution in [1.82, 2.24) is 4.90 Å². The molecule has 1 heterocycles. The fraction of sp³-hybridized carbons (Fsp3) is 0.556. The standard InChI is InChI=1S/C9H11NO2S/c11-8-6-13-9(12)10(8)7-4-2-1-3-5-7/h2,4,7H,1,3,5-6H2. The van der Waals surface area contributed by atoms with Gasteiger partial charge in [-0.25, -0.2) is 0 Å². The van der Waals surface area contributed by atoms with Gasteiger partial charge < -0.3 is 0 Å². The van der Waals surface area contributed by atoms with E-state index in [2.05, 4.69) is 6.08 Å². The van der Waals surface area contributed by atoms with Gasteiger partial charge >= 0.3 is 0 Å². The summed E-state index contributed by atoms with van der Waals surface area (Å²) in [4.78, 5) is 24.1. The second-order valence-corrected chi connectivity index (χ2v) is 4.17. The molecule has 70 valence electrons. The van der Waals surface area contributed by atoms with Gasteiger partial charge in [-0.05, 0) is 19.3 Å². The summed E-state index contributed by atoms with van der Waals surface area (Å²) >= 11 is 1.11. The summed E-state index contributed by atoms with van der Waals surface area (Å²) < 4.78 is 0. The molecule has 1 unspecified atom stereocenters. The lowest BCUT2D eigenvalue weighted by Gasteiger charge is -2.24. The van der Waals surface area contributed by atoms with E-state index >= 15 is 0 Å². The van der Waals surface area contributed by atoms with Gasteiger partial charge in [-0.15, -0.1) is 0 Å². The second-order valence-electron chi connectivity index (χ2n) is 3.24. The maximum atomic E-state index is 11.3. The first-order valence-electron chi connectivity index (χ1n) is 4.44. The summed E-state index contributed by atoms with van der Waals surface area (Å²) in [6, 6.07) is 0.0312. The van der Waals surface area contributed by atoms with Crippen LogP contribution in [0.15, 0.2) is 12.2 Å². The summed E-state index contributed by atoms with van der Waals surface area (Å²) in [7, 11) is 0. The molecule has 0 bridgehead atoms. The first-order chi connectivity index (χ1) is 6.29. The zero-order valence-electron chi connectivity index (χ0n) is 7.23. The zero-order valence-corrected chi connectivity index (χ0v) is 8.05. The van der Waals surface area contributed by atoms with Gasteiger partial charge in [0.15, 0.2) is 0 Å². The fourth-order valence-electron chi connectivity index (χ4n) is 1.69. The molecule has 4 heteroatoms. The van der Waals surface area contributed by atoms with Crippen LogP contribution in [0.4, 0.5) is 4.79 Å². The first-order valence-corrected chi connectivity index (χ1v) is 5.43. The lowest BCUT2D eigenvalue weighted by molar-refractivity contribution is -0.125. The smallest absolute Gasteiger partial charge is 0.273 e. The predicted octanol–water partition coefficient (Wildman–Crippen LogP) is 1.79. The number of rotatable bonds is 1. The van der Waals surface area contributed by atoms with Crippen LogP contribution in [-0.4, -0.2) is 27.8 Å². The zero-order chi connectivity index (χ0) is 9.26. The molecular weight excluding hydrogens is 186 g/mol. The molecule has 0 radical (unpaired) electrons. The lowest BCUT2D eigenvalue weighted by atomic mass is 10.0. The van der Waals surface area contributed by atoms with Gasteiger partial charge in [-0.3, -0.25) is 14.5 Å². The highest BCUT2D eigenvalue weighted by molar-refractivity contribution is 8.14. The number of hydrogen-bond donors (Lipinski definition) is 0. The molecule has 1 saturated heterocycles. The van der Waals surface area contributed by atoms with E-state index in [1.165, 1.54) is 4.90 Å². The van der Waals surface area contributed by atoms with Crippen molar-refractivity contribution in [2.75, 3.05) is 5.75 Å². The Labute approximate surface area is 81.2 Å². The summed E-state index contributed by atoms with van der Waals surface area (Å²) in [5.74, 6) is 0.287. The van der Waals surface area contributed by atoms with E-state index in [0.29, 0.717) is 5.75 Å². The molecule has 0 aromatic heterocycles. The van der Waals surface area contributed by atoms with Gasteiger partial charge in [-0.2, -0.15) is 0 Å². The van der Waals surface area contributed by atoms with Crippen molar-refractivity contribution in [2.45, 2.75) is 25.3 Å². The molecule has 0 aromatic rings. The minimum atomic E-state index is -0.0819. The molecule has 2 rings (SSSR count). The second kappa shape index (κ2) is 3.54. The van der Waals surface area contributed by atoms with Crippen LogP contribution in [-0.2, 0) is 4.79 Å². The van der Waals surface area contributed by atoms with Crippen LogP contribution < -0.4 is 0 Å². The predicted molar refractivity (Wildman–Crippen MR) is 51.5 cm³/mol. The molecule has 1 aliphatic carbocycles. The number of allylic oxidation sites excluding steroid dienone is 1. The quantitative estimate of drug-likeness (QED) is 0.601. The van der Waals surface area contributed by atoms with Crippen LogP contribution in [0.2, 0.25) is 0 Å². The number of hydrogen-bond acceptors (Lipinski definition) is 3. The van der Waals surface area contributed by atoms with Crippen molar-refractivity contribution in [1.29, 1.82) is 0 Å². The van der Waals surface area contributed by atoms with Gasteiger partial charge in [0.05, 0.1) is 11.8 Å². The van der Waals surface area contributed by atoms with E-state index in [0.717, 1.165) is 31.0 Å². The molecule has 3 nitrogen and oxygen atoms in total. The molecule has 0 saturated carbocycles. The third-order valence-electron chi connectivity index (χ3n) is 2.35. The molecule has 1 fully saturated rings. The SMILES string of the molecule is O=C1CSC(=O)N1C1C=CCCC1. The van der Waals surface area contributed by atoms with E-state index in [4.69, 9.17) is 0 Å². The number of nitrogens with zero attached hydrogens (tertiary/aromatic N) is 1. The van der Waals surface area contributed by atoms with E-state index in [-0.39, 0.29) is 17.2 Å². The number of carbonyl (C=O) groups is 2. The maximum absolute atomic E-state index is 11.3. The molecule has 13 heavy (non-hydrogen) atoms. The van der Waals surface area contributed by atoms with E-state index in [1.807, 2.05) is 6.08 Å². The van der Waals surface area contributed by atoms with Crippen molar-refractivity contribution < 1.29 is 9.59 Å². The van der Waals surface area contributed by atoms with Gasteiger partial charge in [-0.1, -0.05) is 23.9 Å². The van der Waals surface area contributed by atoms with Crippen LogP contribution in [0.1, 0.15) is 19.3 Å². The fourth-order valence-corrected chi connectivity index (χ4v) is 2.46. The van der Waals surface area contributed by atoms with Crippen molar-refractivity contribution in [3.63, 3.8) is 0 Å². The summed E-state index contributed by atoms with van der Waals surface area (Å²) in [5, 5.41) is -0.0819.